The molecule has 0 spiro atoms. The summed E-state index contributed by atoms with van der Waals surface area (Å²) < 4.78 is 0. The normalized spacial score (nSPS) is 10.0. The van der Waals surface area contributed by atoms with Crippen LogP contribution in [-0.2, 0) is 0 Å². The monoisotopic (exact) mass is 222 g/mol. The Kier molecular flexibility index (Phi) is 10.7. The van der Waals surface area contributed by atoms with E-state index in [-0.39, 0.29) is 0 Å². The molecule has 0 aliphatic heterocycles. The second-order valence-corrected chi connectivity index (χ2v) is 4.82. The highest BCUT2D eigenvalue weighted by Crippen LogP contribution is 2.16. The second kappa shape index (κ2) is 11.0. The van der Waals surface area contributed by atoms with E-state index in [1.54, 1.807) is 5.57 Å². The van der Waals surface area contributed by atoms with Crippen molar-refractivity contribution in [1.82, 2.24) is 0 Å². The fourth-order valence-corrected chi connectivity index (χ4v) is 1.84. The van der Waals surface area contributed by atoms with Crippen molar-refractivity contribution in [2.45, 2.75) is 85.5 Å². The molecule has 0 aliphatic rings. The lowest BCUT2D eigenvalue weighted by atomic mass is 10.0. The topological polar surface area (TPSA) is 0 Å². The van der Waals surface area contributed by atoms with Gasteiger partial charge in [-0.05, 0) is 56.6 Å². The molecule has 0 nitrogen and oxygen atoms in total. The molecule has 0 heterocycles. The van der Waals surface area contributed by atoms with Crippen LogP contribution < -0.4 is 0 Å². The first-order chi connectivity index (χ1) is 7.74. The zero-order valence-corrected chi connectivity index (χ0v) is 11.9. The zero-order valence-electron chi connectivity index (χ0n) is 11.9. The molecule has 0 bridgehead atoms. The lowest BCUT2D eigenvalue weighted by Crippen LogP contribution is -1.85. The van der Waals surface area contributed by atoms with Crippen molar-refractivity contribution in [3.63, 3.8) is 0 Å². The Labute approximate surface area is 103 Å². The Morgan fingerprint density at radius 2 is 1.19 bits per heavy atom. The highest BCUT2D eigenvalue weighted by atomic mass is 14.0. The molecule has 16 heavy (non-hydrogen) atoms. The van der Waals surface area contributed by atoms with Crippen molar-refractivity contribution >= 4 is 0 Å². The van der Waals surface area contributed by atoms with Crippen molar-refractivity contribution in [2.24, 2.45) is 0 Å². The minimum absolute atomic E-state index is 1.23. The van der Waals surface area contributed by atoms with E-state index in [0.717, 1.165) is 0 Å². The number of rotatable bonds is 9. The Morgan fingerprint density at radius 3 is 1.62 bits per heavy atom. The maximum Gasteiger partial charge on any atom is -0.0244 e. The van der Waals surface area contributed by atoms with E-state index in [0.29, 0.717) is 0 Å². The third kappa shape index (κ3) is 8.80. The molecular weight excluding hydrogens is 192 g/mol. The first kappa shape index (κ1) is 15.5. The lowest BCUT2D eigenvalue weighted by Gasteiger charge is -2.04. The van der Waals surface area contributed by atoms with Crippen LogP contribution in [0, 0.1) is 0 Å². The summed E-state index contributed by atoms with van der Waals surface area (Å²) in [6, 6.07) is 0. The van der Waals surface area contributed by atoms with Gasteiger partial charge in [0.25, 0.3) is 0 Å². The number of hydrogen-bond acceptors (Lipinski definition) is 0. The SMILES string of the molecule is CCCCC(C)=C=C(CCCC)CCCC. The smallest absolute Gasteiger partial charge is 0.0244 e. The summed E-state index contributed by atoms with van der Waals surface area (Å²) in [6.07, 6.45) is 11.6. The fourth-order valence-electron chi connectivity index (χ4n) is 1.84. The van der Waals surface area contributed by atoms with Crippen LogP contribution in [0.15, 0.2) is 16.9 Å². The van der Waals surface area contributed by atoms with Gasteiger partial charge in [0.15, 0.2) is 0 Å². The van der Waals surface area contributed by atoms with Crippen molar-refractivity contribution in [1.29, 1.82) is 0 Å². The largest absolute Gasteiger partial charge is 0.123 e. The molecule has 94 valence electrons. The number of allylic oxidation sites excluding steroid dienone is 1. The highest BCUT2D eigenvalue weighted by Gasteiger charge is 1.97. The predicted molar refractivity (Wildman–Crippen MR) is 74.8 cm³/mol. The van der Waals surface area contributed by atoms with Crippen LogP contribution >= 0.6 is 0 Å². The van der Waals surface area contributed by atoms with E-state index in [1.165, 1.54) is 63.4 Å². The number of unbranched alkanes of at least 4 members (excludes halogenated alkanes) is 3. The molecule has 0 amide bonds. The fraction of sp³-hybridized carbons (Fsp3) is 0.812. The van der Waals surface area contributed by atoms with Crippen LogP contribution in [0.5, 0.6) is 0 Å². The van der Waals surface area contributed by atoms with E-state index in [2.05, 4.69) is 33.4 Å². The molecule has 0 heteroatoms. The Hall–Kier alpha value is -0.480. The van der Waals surface area contributed by atoms with Gasteiger partial charge in [0.1, 0.15) is 0 Å². The maximum absolute atomic E-state index is 3.65. The van der Waals surface area contributed by atoms with Gasteiger partial charge in [-0.1, -0.05) is 40.0 Å². The van der Waals surface area contributed by atoms with Gasteiger partial charge in [0.2, 0.25) is 0 Å². The van der Waals surface area contributed by atoms with Crippen molar-refractivity contribution < 1.29 is 0 Å². The summed E-state index contributed by atoms with van der Waals surface area (Å²) in [5.74, 6) is 0. The van der Waals surface area contributed by atoms with Gasteiger partial charge < -0.3 is 0 Å². The van der Waals surface area contributed by atoms with Gasteiger partial charge in [-0.25, -0.2) is 0 Å². The predicted octanol–water partition coefficient (Wildman–Crippen LogP) is 6.03. The van der Waals surface area contributed by atoms with Crippen LogP contribution in [0.25, 0.3) is 0 Å². The average Bonchev–Trinajstić information content (AvgIpc) is 2.30. The molecule has 0 atom stereocenters. The van der Waals surface area contributed by atoms with E-state index >= 15 is 0 Å². The summed E-state index contributed by atoms with van der Waals surface area (Å²) in [5, 5.41) is 0. The second-order valence-electron chi connectivity index (χ2n) is 4.82. The maximum atomic E-state index is 3.65. The Bertz CT molecular complexity index is 206. The molecule has 0 aliphatic carbocycles. The molecule has 0 fully saturated rings. The van der Waals surface area contributed by atoms with Gasteiger partial charge in [-0.2, -0.15) is 0 Å². The summed E-state index contributed by atoms with van der Waals surface area (Å²) in [5.41, 5.74) is 6.68. The van der Waals surface area contributed by atoms with Crippen molar-refractivity contribution in [3.8, 4) is 0 Å². The third-order valence-corrected chi connectivity index (χ3v) is 2.96. The van der Waals surface area contributed by atoms with Crippen LogP contribution in [0.2, 0.25) is 0 Å². The quantitative estimate of drug-likeness (QED) is 0.418. The van der Waals surface area contributed by atoms with Crippen LogP contribution in [-0.4, -0.2) is 0 Å². The molecule has 0 aromatic rings. The summed E-state index contributed by atoms with van der Waals surface area (Å²) in [7, 11) is 0. The molecule has 0 unspecified atom stereocenters. The van der Waals surface area contributed by atoms with Crippen molar-refractivity contribution in [3.05, 3.63) is 16.9 Å². The standard InChI is InChI=1S/C16H30/c1-5-8-11-15(4)14-16(12-9-6-2)13-10-7-3/h5-13H2,1-4H3. The van der Waals surface area contributed by atoms with Gasteiger partial charge in [0, 0.05) is 0 Å². The third-order valence-electron chi connectivity index (χ3n) is 2.96. The first-order valence-corrected chi connectivity index (χ1v) is 7.18. The van der Waals surface area contributed by atoms with Crippen molar-refractivity contribution in [2.75, 3.05) is 0 Å². The minimum Gasteiger partial charge on any atom is -0.123 e. The average molecular weight is 222 g/mol. The molecule has 0 saturated carbocycles. The van der Waals surface area contributed by atoms with E-state index in [9.17, 15) is 0 Å². The Balaban J connectivity index is 4.36. The van der Waals surface area contributed by atoms with Gasteiger partial charge in [-0.15, -0.1) is 5.73 Å². The van der Waals surface area contributed by atoms with Gasteiger partial charge in [0.05, 0.1) is 0 Å². The Morgan fingerprint density at radius 1 is 0.750 bits per heavy atom. The summed E-state index contributed by atoms with van der Waals surface area (Å²) >= 11 is 0. The molecule has 0 saturated heterocycles. The summed E-state index contributed by atoms with van der Waals surface area (Å²) in [4.78, 5) is 0. The molecule has 0 aromatic carbocycles. The summed E-state index contributed by atoms with van der Waals surface area (Å²) in [6.45, 7) is 9.04. The molecule has 0 aromatic heterocycles. The number of hydrogen-bond donors (Lipinski definition) is 0. The van der Waals surface area contributed by atoms with Gasteiger partial charge in [-0.3, -0.25) is 0 Å². The van der Waals surface area contributed by atoms with Gasteiger partial charge >= 0.3 is 0 Å². The highest BCUT2D eigenvalue weighted by molar-refractivity contribution is 5.08. The van der Waals surface area contributed by atoms with E-state index in [4.69, 9.17) is 0 Å². The molecule has 0 radical (unpaired) electrons. The zero-order chi connectivity index (χ0) is 12.2. The minimum atomic E-state index is 1.23. The van der Waals surface area contributed by atoms with Crippen LogP contribution in [0.3, 0.4) is 0 Å². The van der Waals surface area contributed by atoms with Crippen LogP contribution in [0.4, 0.5) is 0 Å². The molecule has 0 rings (SSSR count). The molecular formula is C16H30. The first-order valence-electron chi connectivity index (χ1n) is 7.18. The molecule has 0 N–H and O–H groups in total. The lowest BCUT2D eigenvalue weighted by molar-refractivity contribution is 0.712. The van der Waals surface area contributed by atoms with E-state index in [1.807, 2.05) is 0 Å². The van der Waals surface area contributed by atoms with Crippen LogP contribution in [0.1, 0.15) is 85.5 Å². The van der Waals surface area contributed by atoms with E-state index < -0.39 is 0 Å².